The molecule has 0 aliphatic heterocycles. The van der Waals surface area contributed by atoms with E-state index in [9.17, 15) is 4.79 Å². The van der Waals surface area contributed by atoms with E-state index in [1.165, 1.54) is 0 Å². The van der Waals surface area contributed by atoms with E-state index in [4.69, 9.17) is 4.42 Å². The zero-order valence-electron chi connectivity index (χ0n) is 15.0. The van der Waals surface area contributed by atoms with Crippen molar-refractivity contribution in [3.63, 3.8) is 0 Å². The van der Waals surface area contributed by atoms with Crippen molar-refractivity contribution < 1.29 is 9.21 Å². The van der Waals surface area contributed by atoms with Gasteiger partial charge in [0, 0.05) is 23.4 Å². The number of hydrogen-bond acceptors (Lipinski definition) is 4. The average molecular weight is 370 g/mol. The van der Waals surface area contributed by atoms with Crippen LogP contribution < -0.4 is 10.6 Å². The quantitative estimate of drug-likeness (QED) is 0.532. The fourth-order valence-corrected chi connectivity index (χ4v) is 2.69. The Hall–Kier alpha value is -3.93. The Kier molecular flexibility index (Phi) is 5.11. The van der Waals surface area contributed by atoms with Gasteiger partial charge >= 0.3 is 6.03 Å². The van der Waals surface area contributed by atoms with E-state index in [0.717, 1.165) is 16.7 Å². The van der Waals surface area contributed by atoms with Gasteiger partial charge in [0.25, 0.3) is 0 Å². The van der Waals surface area contributed by atoms with E-state index < -0.39 is 0 Å². The maximum absolute atomic E-state index is 12.0. The van der Waals surface area contributed by atoms with Crippen molar-refractivity contribution in [1.29, 1.82) is 0 Å². The first-order valence-corrected chi connectivity index (χ1v) is 8.86. The molecule has 0 atom stereocenters. The molecule has 4 rings (SSSR count). The molecule has 0 saturated heterocycles. The maximum Gasteiger partial charge on any atom is 0.319 e. The van der Waals surface area contributed by atoms with Crippen LogP contribution in [0.4, 0.5) is 10.5 Å². The first kappa shape index (κ1) is 17.5. The van der Waals surface area contributed by atoms with Gasteiger partial charge < -0.3 is 15.1 Å². The van der Waals surface area contributed by atoms with E-state index in [2.05, 4.69) is 20.8 Å². The van der Waals surface area contributed by atoms with Crippen LogP contribution in [0, 0.1) is 0 Å². The summed E-state index contributed by atoms with van der Waals surface area (Å²) < 4.78 is 5.74. The van der Waals surface area contributed by atoms with Crippen LogP contribution in [0.25, 0.3) is 22.9 Å². The summed E-state index contributed by atoms with van der Waals surface area (Å²) in [4.78, 5) is 12.0. The van der Waals surface area contributed by atoms with Crippen LogP contribution >= 0.6 is 0 Å². The summed E-state index contributed by atoms with van der Waals surface area (Å²) in [6, 6.07) is 26.3. The van der Waals surface area contributed by atoms with Gasteiger partial charge in [0.05, 0.1) is 0 Å². The van der Waals surface area contributed by atoms with Gasteiger partial charge in [-0.25, -0.2) is 4.79 Å². The Labute approximate surface area is 162 Å². The molecule has 0 fully saturated rings. The van der Waals surface area contributed by atoms with Crippen LogP contribution in [0.1, 0.15) is 5.56 Å². The summed E-state index contributed by atoms with van der Waals surface area (Å²) in [5.41, 5.74) is 3.37. The van der Waals surface area contributed by atoms with E-state index in [1.54, 1.807) is 12.1 Å². The lowest BCUT2D eigenvalue weighted by Crippen LogP contribution is -2.28. The number of carbonyl (C=O) groups is 1. The second-order valence-corrected chi connectivity index (χ2v) is 6.15. The largest absolute Gasteiger partial charge is 0.416 e. The number of aromatic nitrogens is 2. The molecule has 3 aromatic carbocycles. The zero-order valence-corrected chi connectivity index (χ0v) is 15.0. The number of nitrogens with one attached hydrogen (secondary N) is 2. The molecule has 28 heavy (non-hydrogen) atoms. The second kappa shape index (κ2) is 8.18. The summed E-state index contributed by atoms with van der Waals surface area (Å²) in [6.07, 6.45) is 0. The number of benzene rings is 3. The number of hydrogen-bond donors (Lipinski definition) is 2. The predicted octanol–water partition coefficient (Wildman–Crippen LogP) is 4.73. The molecule has 1 aromatic heterocycles. The normalized spacial score (nSPS) is 10.4. The molecule has 4 aromatic rings. The summed E-state index contributed by atoms with van der Waals surface area (Å²) >= 11 is 0. The first-order chi connectivity index (χ1) is 13.8. The minimum Gasteiger partial charge on any atom is -0.416 e. The molecule has 0 aliphatic carbocycles. The van der Waals surface area contributed by atoms with E-state index in [0.29, 0.717) is 24.0 Å². The summed E-state index contributed by atoms with van der Waals surface area (Å²) in [5.74, 6) is 0.900. The highest BCUT2D eigenvalue weighted by Gasteiger charge is 2.10. The van der Waals surface area contributed by atoms with Crippen LogP contribution in [0.3, 0.4) is 0 Å². The van der Waals surface area contributed by atoms with Crippen molar-refractivity contribution >= 4 is 11.7 Å². The Bertz CT molecular complexity index is 1040. The third-order valence-electron chi connectivity index (χ3n) is 4.13. The third kappa shape index (κ3) is 4.24. The smallest absolute Gasteiger partial charge is 0.319 e. The average Bonchev–Trinajstić information content (AvgIpc) is 3.25. The summed E-state index contributed by atoms with van der Waals surface area (Å²) in [5, 5.41) is 13.8. The Morgan fingerprint density at radius 1 is 0.750 bits per heavy atom. The lowest BCUT2D eigenvalue weighted by atomic mass is 10.2. The summed E-state index contributed by atoms with van der Waals surface area (Å²) in [6.45, 7) is 0.467. The maximum atomic E-state index is 12.0. The lowest BCUT2D eigenvalue weighted by Gasteiger charge is -2.08. The number of urea groups is 1. The number of nitrogens with zero attached hydrogens (tertiary/aromatic N) is 2. The Balaban J connectivity index is 1.37. The van der Waals surface area contributed by atoms with E-state index >= 15 is 0 Å². The van der Waals surface area contributed by atoms with Crippen molar-refractivity contribution in [3.8, 4) is 22.9 Å². The number of amides is 2. The van der Waals surface area contributed by atoms with Crippen LogP contribution in [0.2, 0.25) is 0 Å². The molecule has 2 N–H and O–H groups in total. The van der Waals surface area contributed by atoms with Crippen molar-refractivity contribution in [2.75, 3.05) is 5.32 Å². The van der Waals surface area contributed by atoms with Gasteiger partial charge in [-0.2, -0.15) is 0 Å². The highest BCUT2D eigenvalue weighted by atomic mass is 16.4. The second-order valence-electron chi connectivity index (χ2n) is 6.15. The van der Waals surface area contributed by atoms with Crippen LogP contribution in [-0.2, 0) is 6.54 Å². The van der Waals surface area contributed by atoms with Crippen molar-refractivity contribution in [2.45, 2.75) is 6.54 Å². The van der Waals surface area contributed by atoms with Crippen LogP contribution in [-0.4, -0.2) is 16.2 Å². The number of rotatable bonds is 5. The molecule has 0 saturated carbocycles. The molecule has 0 aliphatic rings. The van der Waals surface area contributed by atoms with Gasteiger partial charge in [-0.05, 0) is 42.0 Å². The summed E-state index contributed by atoms with van der Waals surface area (Å²) in [7, 11) is 0. The van der Waals surface area contributed by atoms with Gasteiger partial charge in [0.15, 0.2) is 0 Å². The van der Waals surface area contributed by atoms with Crippen molar-refractivity contribution in [3.05, 3.63) is 90.5 Å². The van der Waals surface area contributed by atoms with Gasteiger partial charge in [0.1, 0.15) is 0 Å². The molecule has 0 spiro atoms. The van der Waals surface area contributed by atoms with Crippen molar-refractivity contribution in [1.82, 2.24) is 15.5 Å². The van der Waals surface area contributed by atoms with Gasteiger partial charge in [-0.3, -0.25) is 0 Å². The molecule has 6 heteroatoms. The van der Waals surface area contributed by atoms with Gasteiger partial charge in [0.2, 0.25) is 11.8 Å². The van der Waals surface area contributed by atoms with Gasteiger partial charge in [-0.1, -0.05) is 48.5 Å². The molecule has 0 radical (unpaired) electrons. The minimum atomic E-state index is -0.263. The fourth-order valence-electron chi connectivity index (χ4n) is 2.69. The molecule has 0 bridgehead atoms. The molecule has 6 nitrogen and oxygen atoms in total. The van der Waals surface area contributed by atoms with Crippen LogP contribution in [0.5, 0.6) is 0 Å². The van der Waals surface area contributed by atoms with Crippen molar-refractivity contribution in [2.24, 2.45) is 0 Å². The topological polar surface area (TPSA) is 80.0 Å². The molecular weight excluding hydrogens is 352 g/mol. The lowest BCUT2D eigenvalue weighted by molar-refractivity contribution is 0.251. The Morgan fingerprint density at radius 3 is 1.96 bits per heavy atom. The molecular formula is C22H18N4O2. The SMILES string of the molecule is O=C(NCc1ccccc1)Nc1ccc(-c2nnc(-c3ccccc3)o2)cc1. The molecule has 138 valence electrons. The zero-order chi connectivity index (χ0) is 19.2. The third-order valence-corrected chi connectivity index (χ3v) is 4.13. The standard InChI is InChI=1S/C22H18N4O2/c27-22(23-15-16-7-3-1-4-8-16)24-19-13-11-18(12-14-19)21-26-25-20(28-21)17-9-5-2-6-10-17/h1-14H,15H2,(H2,23,24,27). The molecule has 2 amide bonds. The molecule has 1 heterocycles. The Morgan fingerprint density at radius 2 is 1.32 bits per heavy atom. The highest BCUT2D eigenvalue weighted by molar-refractivity contribution is 5.89. The molecule has 0 unspecified atom stereocenters. The number of carbonyl (C=O) groups excluding carboxylic acids is 1. The van der Waals surface area contributed by atoms with Gasteiger partial charge in [-0.15, -0.1) is 10.2 Å². The predicted molar refractivity (Wildman–Crippen MR) is 107 cm³/mol. The van der Waals surface area contributed by atoms with E-state index in [-0.39, 0.29) is 6.03 Å². The first-order valence-electron chi connectivity index (χ1n) is 8.86. The highest BCUT2D eigenvalue weighted by Crippen LogP contribution is 2.24. The fraction of sp³-hybridized carbons (Fsp3) is 0.0455. The monoisotopic (exact) mass is 370 g/mol. The minimum absolute atomic E-state index is 0.263. The number of anilines is 1. The van der Waals surface area contributed by atoms with E-state index in [1.807, 2.05) is 72.8 Å². The van der Waals surface area contributed by atoms with Crippen LogP contribution in [0.15, 0.2) is 89.3 Å².